The van der Waals surface area contributed by atoms with Crippen molar-refractivity contribution in [2.45, 2.75) is 19.9 Å². The van der Waals surface area contributed by atoms with Crippen molar-refractivity contribution in [2.24, 2.45) is 0 Å². The lowest BCUT2D eigenvalue weighted by molar-refractivity contribution is 0.782. The first-order valence-corrected chi connectivity index (χ1v) is 13.0. The number of benzene rings is 5. The van der Waals surface area contributed by atoms with E-state index in [9.17, 15) is 0 Å². The topological polar surface area (TPSA) is 17.5 Å². The highest BCUT2D eigenvalue weighted by molar-refractivity contribution is 6.28. The van der Waals surface area contributed by atoms with Gasteiger partial charge in [-0.2, -0.15) is 0 Å². The number of hydrogen-bond donors (Lipinski definition) is 0. The SMILES string of the molecule is [C-]#[N+]c1ccc2c(c1)-n1c3c(cccc3c3ccc4c(c5ccccc5n4-c4ccccc4)c31)N2C(C)C. The molecule has 38 heavy (non-hydrogen) atoms. The molecule has 1 aliphatic heterocycles. The summed E-state index contributed by atoms with van der Waals surface area (Å²) >= 11 is 0. The zero-order valence-corrected chi connectivity index (χ0v) is 21.2. The van der Waals surface area contributed by atoms with Crippen LogP contribution in [-0.4, -0.2) is 15.2 Å². The Labute approximate surface area is 220 Å². The summed E-state index contributed by atoms with van der Waals surface area (Å²) in [5.74, 6) is 0. The van der Waals surface area contributed by atoms with Crippen molar-refractivity contribution in [3.63, 3.8) is 0 Å². The highest BCUT2D eigenvalue weighted by Crippen LogP contribution is 2.50. The number of aromatic nitrogens is 2. The Morgan fingerprint density at radius 2 is 1.37 bits per heavy atom. The number of anilines is 2. The van der Waals surface area contributed by atoms with Crippen molar-refractivity contribution in [2.75, 3.05) is 4.90 Å². The lowest BCUT2D eigenvalue weighted by Gasteiger charge is -2.36. The average molecular weight is 489 g/mol. The van der Waals surface area contributed by atoms with E-state index >= 15 is 0 Å². The van der Waals surface area contributed by atoms with Gasteiger partial charge in [0, 0.05) is 33.3 Å². The van der Waals surface area contributed by atoms with E-state index in [0.717, 1.165) is 17.1 Å². The van der Waals surface area contributed by atoms with Gasteiger partial charge in [-0.25, -0.2) is 4.85 Å². The largest absolute Gasteiger partial charge is 0.336 e. The predicted octanol–water partition coefficient (Wildman–Crippen LogP) is 9.29. The minimum absolute atomic E-state index is 0.268. The first-order valence-electron chi connectivity index (χ1n) is 13.0. The zero-order valence-electron chi connectivity index (χ0n) is 21.2. The standard InChI is InChI=1S/C34H24N4/c1-21(2)36-28-18-16-22(35-3)20-31(28)38-33-24(13-9-15-30(33)36)25-17-19-29-32(34(25)38)26-12-7-8-14-27(26)37(29)23-10-5-4-6-11-23/h4-21H,1-2H3. The molecule has 0 bridgehead atoms. The molecule has 0 unspecified atom stereocenters. The normalized spacial score (nSPS) is 12.6. The Morgan fingerprint density at radius 1 is 0.605 bits per heavy atom. The van der Waals surface area contributed by atoms with E-state index < -0.39 is 0 Å². The van der Waals surface area contributed by atoms with Crippen molar-refractivity contribution >= 4 is 60.7 Å². The van der Waals surface area contributed by atoms with Gasteiger partial charge in [-0.3, -0.25) is 0 Å². The molecule has 2 aromatic heterocycles. The maximum absolute atomic E-state index is 7.75. The monoisotopic (exact) mass is 488 g/mol. The molecular formula is C34H24N4. The van der Waals surface area contributed by atoms with Crippen LogP contribution >= 0.6 is 0 Å². The second-order valence-corrected chi connectivity index (χ2v) is 10.3. The number of rotatable bonds is 2. The molecule has 4 heteroatoms. The van der Waals surface area contributed by atoms with Gasteiger partial charge >= 0.3 is 0 Å². The van der Waals surface area contributed by atoms with Gasteiger partial charge < -0.3 is 14.0 Å². The van der Waals surface area contributed by atoms with Crippen molar-refractivity contribution < 1.29 is 0 Å². The van der Waals surface area contributed by atoms with E-state index in [0.29, 0.717) is 5.69 Å². The molecule has 7 aromatic rings. The summed E-state index contributed by atoms with van der Waals surface area (Å²) in [6.45, 7) is 12.2. The smallest absolute Gasteiger partial charge is 0.189 e. The first kappa shape index (κ1) is 21.1. The molecule has 0 saturated heterocycles. The Balaban J connectivity index is 1.65. The third-order valence-corrected chi connectivity index (χ3v) is 7.94. The van der Waals surface area contributed by atoms with E-state index in [1.165, 1.54) is 49.3 Å². The summed E-state index contributed by atoms with van der Waals surface area (Å²) in [5.41, 5.74) is 9.97. The summed E-state index contributed by atoms with van der Waals surface area (Å²) in [4.78, 5) is 6.21. The molecule has 0 N–H and O–H groups in total. The van der Waals surface area contributed by atoms with Crippen LogP contribution in [0.2, 0.25) is 0 Å². The lowest BCUT2D eigenvalue weighted by atomic mass is 10.1. The number of fused-ring (bicyclic) bond motifs is 9. The summed E-state index contributed by atoms with van der Waals surface area (Å²) in [5, 5.41) is 4.93. The molecule has 8 rings (SSSR count). The maximum Gasteiger partial charge on any atom is 0.189 e. The second-order valence-electron chi connectivity index (χ2n) is 10.3. The van der Waals surface area contributed by atoms with E-state index in [4.69, 9.17) is 6.57 Å². The Kier molecular flexibility index (Phi) is 4.17. The Bertz CT molecular complexity index is 2120. The molecule has 0 fully saturated rings. The number of para-hydroxylation sites is 3. The van der Waals surface area contributed by atoms with Crippen LogP contribution in [-0.2, 0) is 0 Å². The second kappa shape index (κ2) is 7.50. The van der Waals surface area contributed by atoms with Crippen LogP contribution in [0.25, 0.3) is 59.8 Å². The molecule has 0 amide bonds. The number of hydrogen-bond acceptors (Lipinski definition) is 1. The Hall–Kier alpha value is -5.01. The molecule has 4 nitrogen and oxygen atoms in total. The summed E-state index contributed by atoms with van der Waals surface area (Å²) in [7, 11) is 0. The van der Waals surface area contributed by atoms with Crippen molar-refractivity contribution in [1.29, 1.82) is 0 Å². The van der Waals surface area contributed by atoms with E-state index in [1.54, 1.807) is 0 Å². The third kappa shape index (κ3) is 2.58. The van der Waals surface area contributed by atoms with Crippen LogP contribution in [0.3, 0.4) is 0 Å². The van der Waals surface area contributed by atoms with Gasteiger partial charge in [-0.1, -0.05) is 60.7 Å². The van der Waals surface area contributed by atoms with E-state index in [2.05, 4.69) is 130 Å². The average Bonchev–Trinajstić information content (AvgIpc) is 3.47. The Morgan fingerprint density at radius 3 is 2.18 bits per heavy atom. The van der Waals surface area contributed by atoms with Gasteiger partial charge in [0.15, 0.2) is 5.69 Å². The molecule has 3 heterocycles. The molecule has 0 atom stereocenters. The van der Waals surface area contributed by atoms with Crippen molar-refractivity contribution in [1.82, 2.24) is 9.13 Å². The minimum atomic E-state index is 0.268. The van der Waals surface area contributed by atoms with Gasteiger partial charge in [-0.05, 0) is 56.3 Å². The van der Waals surface area contributed by atoms with Crippen LogP contribution in [0.5, 0.6) is 0 Å². The van der Waals surface area contributed by atoms with Crippen LogP contribution < -0.4 is 4.90 Å². The lowest BCUT2D eigenvalue weighted by Crippen LogP contribution is -2.29. The van der Waals surface area contributed by atoms with Gasteiger partial charge in [0.25, 0.3) is 0 Å². The summed E-state index contributed by atoms with van der Waals surface area (Å²) < 4.78 is 4.79. The summed E-state index contributed by atoms with van der Waals surface area (Å²) in [6.07, 6.45) is 0. The van der Waals surface area contributed by atoms with Gasteiger partial charge in [-0.15, -0.1) is 0 Å². The minimum Gasteiger partial charge on any atom is -0.336 e. The van der Waals surface area contributed by atoms with Crippen LogP contribution in [0, 0.1) is 6.57 Å². The first-order chi connectivity index (χ1) is 18.7. The fraction of sp³-hybridized carbons (Fsp3) is 0.0882. The molecule has 0 radical (unpaired) electrons. The van der Waals surface area contributed by atoms with Gasteiger partial charge in [0.05, 0.1) is 45.7 Å². The van der Waals surface area contributed by atoms with Crippen molar-refractivity contribution in [3.05, 3.63) is 115 Å². The van der Waals surface area contributed by atoms with E-state index in [1.807, 2.05) is 6.07 Å². The number of nitrogens with zero attached hydrogens (tertiary/aromatic N) is 4. The zero-order chi connectivity index (χ0) is 25.5. The molecule has 0 spiro atoms. The molecule has 0 aliphatic carbocycles. The molecule has 5 aromatic carbocycles. The molecular weight excluding hydrogens is 464 g/mol. The highest BCUT2D eigenvalue weighted by atomic mass is 15.2. The molecule has 1 aliphatic rings. The van der Waals surface area contributed by atoms with Gasteiger partial charge in [0.1, 0.15) is 0 Å². The van der Waals surface area contributed by atoms with Crippen LogP contribution in [0.15, 0.2) is 103 Å². The fourth-order valence-electron chi connectivity index (χ4n) is 6.53. The maximum atomic E-state index is 7.75. The van der Waals surface area contributed by atoms with Crippen molar-refractivity contribution in [3.8, 4) is 11.4 Å². The highest BCUT2D eigenvalue weighted by Gasteiger charge is 2.30. The fourth-order valence-corrected chi connectivity index (χ4v) is 6.53. The van der Waals surface area contributed by atoms with E-state index in [-0.39, 0.29) is 6.04 Å². The quantitative estimate of drug-likeness (QED) is 0.222. The van der Waals surface area contributed by atoms with Crippen LogP contribution in [0.4, 0.5) is 17.1 Å². The molecule has 180 valence electrons. The predicted molar refractivity (Wildman–Crippen MR) is 159 cm³/mol. The third-order valence-electron chi connectivity index (χ3n) is 7.94. The summed E-state index contributed by atoms with van der Waals surface area (Å²) in [6, 6.07) is 36.9. The molecule has 0 saturated carbocycles. The van der Waals surface area contributed by atoms with Gasteiger partial charge in [0.2, 0.25) is 0 Å². The van der Waals surface area contributed by atoms with Crippen LogP contribution in [0.1, 0.15) is 13.8 Å².